The molecule has 2 amide bonds. The maximum absolute atomic E-state index is 12.5. The molecule has 1 fully saturated rings. The smallest absolute Gasteiger partial charge is 0.319 e. The van der Waals surface area contributed by atoms with Gasteiger partial charge in [-0.25, -0.2) is 4.79 Å². The first-order valence-electron chi connectivity index (χ1n) is 9.40. The molecule has 1 aromatic carbocycles. The number of hydrogen-bond donors (Lipinski definition) is 2. The predicted molar refractivity (Wildman–Crippen MR) is 107 cm³/mol. The summed E-state index contributed by atoms with van der Waals surface area (Å²) in [6, 6.07) is 11.4. The summed E-state index contributed by atoms with van der Waals surface area (Å²) < 4.78 is 7.26. The number of rotatable bonds is 5. The molecule has 0 aliphatic carbocycles. The molecule has 0 radical (unpaired) electrons. The first kappa shape index (κ1) is 18.4. The minimum Gasteiger partial charge on any atom is -0.379 e. The summed E-state index contributed by atoms with van der Waals surface area (Å²) in [7, 11) is 1.89. The Morgan fingerprint density at radius 3 is 2.89 bits per heavy atom. The minimum absolute atomic E-state index is 0.0108. The second-order valence-electron chi connectivity index (χ2n) is 6.80. The van der Waals surface area contributed by atoms with E-state index in [1.807, 2.05) is 43.4 Å². The van der Waals surface area contributed by atoms with E-state index in [1.54, 1.807) is 17.1 Å². The van der Waals surface area contributed by atoms with Crippen molar-refractivity contribution < 1.29 is 9.53 Å². The number of carbonyl (C=O) groups excluding carboxylic acids is 1. The second-order valence-corrected chi connectivity index (χ2v) is 6.80. The number of ether oxygens (including phenoxy) is 1. The van der Waals surface area contributed by atoms with Gasteiger partial charge in [-0.2, -0.15) is 5.10 Å². The van der Waals surface area contributed by atoms with E-state index in [9.17, 15) is 4.79 Å². The van der Waals surface area contributed by atoms with E-state index < -0.39 is 0 Å². The van der Waals surface area contributed by atoms with Crippen molar-refractivity contribution in [1.82, 2.24) is 25.0 Å². The van der Waals surface area contributed by atoms with Gasteiger partial charge in [-0.3, -0.25) is 14.6 Å². The van der Waals surface area contributed by atoms with Crippen LogP contribution in [0.5, 0.6) is 0 Å². The summed E-state index contributed by atoms with van der Waals surface area (Å²) in [6.45, 7) is 3.50. The van der Waals surface area contributed by atoms with E-state index in [1.165, 1.54) is 0 Å². The summed E-state index contributed by atoms with van der Waals surface area (Å²) in [5.74, 6) is 0. The summed E-state index contributed by atoms with van der Waals surface area (Å²) in [4.78, 5) is 19.3. The summed E-state index contributed by atoms with van der Waals surface area (Å²) in [5.41, 5.74) is 2.70. The van der Waals surface area contributed by atoms with Crippen LogP contribution in [0.15, 0.2) is 48.8 Å². The fourth-order valence-corrected chi connectivity index (χ4v) is 3.49. The van der Waals surface area contributed by atoms with E-state index in [0.717, 1.165) is 35.4 Å². The Hall–Kier alpha value is -2.97. The lowest BCUT2D eigenvalue weighted by atomic mass is 10.1. The summed E-state index contributed by atoms with van der Waals surface area (Å²) in [6.07, 6.45) is 3.57. The monoisotopic (exact) mass is 380 g/mol. The van der Waals surface area contributed by atoms with Gasteiger partial charge in [0.1, 0.15) is 0 Å². The highest BCUT2D eigenvalue weighted by Gasteiger charge is 2.24. The highest BCUT2D eigenvalue weighted by Crippen LogP contribution is 2.20. The molecule has 1 saturated heterocycles. The maximum atomic E-state index is 12.5. The molecular formula is C20H24N6O2. The number of nitrogens with one attached hydrogen (secondary N) is 2. The van der Waals surface area contributed by atoms with Gasteiger partial charge in [0, 0.05) is 44.0 Å². The van der Waals surface area contributed by atoms with Crippen LogP contribution in [0, 0.1) is 0 Å². The molecule has 2 N–H and O–H groups in total. The number of aryl methyl sites for hydroxylation is 1. The van der Waals surface area contributed by atoms with Gasteiger partial charge >= 0.3 is 6.03 Å². The maximum Gasteiger partial charge on any atom is 0.319 e. The molecule has 3 aromatic rings. The number of hydrogen-bond acceptors (Lipinski definition) is 5. The van der Waals surface area contributed by atoms with Gasteiger partial charge in [0.2, 0.25) is 0 Å². The van der Waals surface area contributed by atoms with Gasteiger partial charge < -0.3 is 15.4 Å². The number of fused-ring (bicyclic) bond motifs is 1. The molecule has 1 atom stereocenters. The second kappa shape index (κ2) is 8.37. The van der Waals surface area contributed by atoms with Crippen LogP contribution >= 0.6 is 0 Å². The quantitative estimate of drug-likeness (QED) is 0.709. The molecule has 2 aromatic heterocycles. The number of urea groups is 1. The number of carbonyl (C=O) groups is 1. The third-order valence-electron chi connectivity index (χ3n) is 4.98. The lowest BCUT2D eigenvalue weighted by Gasteiger charge is -2.34. The highest BCUT2D eigenvalue weighted by atomic mass is 16.5. The minimum atomic E-state index is -0.238. The van der Waals surface area contributed by atoms with E-state index in [2.05, 4.69) is 25.6 Å². The Morgan fingerprint density at radius 2 is 2.11 bits per heavy atom. The summed E-state index contributed by atoms with van der Waals surface area (Å²) in [5, 5.41) is 11.1. The van der Waals surface area contributed by atoms with E-state index >= 15 is 0 Å². The van der Waals surface area contributed by atoms with Crippen molar-refractivity contribution >= 4 is 22.6 Å². The number of amides is 2. The molecule has 1 aliphatic rings. The zero-order chi connectivity index (χ0) is 19.3. The van der Waals surface area contributed by atoms with Gasteiger partial charge in [-0.15, -0.1) is 0 Å². The van der Waals surface area contributed by atoms with Crippen molar-refractivity contribution in [3.05, 3.63) is 54.5 Å². The molecule has 3 heterocycles. The zero-order valence-corrected chi connectivity index (χ0v) is 15.8. The molecule has 8 nitrogen and oxygen atoms in total. The van der Waals surface area contributed by atoms with E-state index in [-0.39, 0.29) is 12.1 Å². The van der Waals surface area contributed by atoms with Gasteiger partial charge in [-0.05, 0) is 30.3 Å². The highest BCUT2D eigenvalue weighted by molar-refractivity contribution is 5.92. The van der Waals surface area contributed by atoms with Crippen LogP contribution in [-0.2, 0) is 11.8 Å². The number of morpholine rings is 1. The number of pyridine rings is 1. The molecule has 8 heteroatoms. The molecule has 0 unspecified atom stereocenters. The Balaban J connectivity index is 1.41. The van der Waals surface area contributed by atoms with Crippen molar-refractivity contribution in [3.8, 4) is 0 Å². The van der Waals surface area contributed by atoms with Gasteiger partial charge in [-0.1, -0.05) is 6.07 Å². The fraction of sp³-hybridized carbons (Fsp3) is 0.350. The Bertz CT molecular complexity index is 936. The van der Waals surface area contributed by atoms with Crippen LogP contribution in [0.25, 0.3) is 10.9 Å². The lowest BCUT2D eigenvalue weighted by molar-refractivity contribution is 0.0159. The van der Waals surface area contributed by atoms with Crippen LogP contribution in [0.1, 0.15) is 11.7 Å². The first-order chi connectivity index (χ1) is 13.7. The fourth-order valence-electron chi connectivity index (χ4n) is 3.49. The van der Waals surface area contributed by atoms with Crippen LogP contribution in [0.3, 0.4) is 0 Å². The number of aromatic nitrogens is 3. The largest absolute Gasteiger partial charge is 0.379 e. The molecule has 146 valence electrons. The Kier molecular flexibility index (Phi) is 5.50. The van der Waals surface area contributed by atoms with Crippen molar-refractivity contribution in [2.75, 3.05) is 38.2 Å². The average molecular weight is 380 g/mol. The number of anilines is 1. The molecule has 1 aliphatic heterocycles. The van der Waals surface area contributed by atoms with Gasteiger partial charge in [0.15, 0.2) is 0 Å². The molecule has 28 heavy (non-hydrogen) atoms. The predicted octanol–water partition coefficient (Wildman–Crippen LogP) is 2.16. The van der Waals surface area contributed by atoms with Crippen LogP contribution in [0.4, 0.5) is 10.5 Å². The zero-order valence-electron chi connectivity index (χ0n) is 15.8. The van der Waals surface area contributed by atoms with Crippen molar-refractivity contribution in [2.45, 2.75) is 6.04 Å². The lowest BCUT2D eigenvalue weighted by Crippen LogP contribution is -2.44. The van der Waals surface area contributed by atoms with Gasteiger partial charge in [0.25, 0.3) is 0 Å². The summed E-state index contributed by atoms with van der Waals surface area (Å²) >= 11 is 0. The number of benzene rings is 1. The molecule has 0 bridgehead atoms. The first-order valence-corrected chi connectivity index (χ1v) is 9.40. The normalized spacial score (nSPS) is 16.0. The van der Waals surface area contributed by atoms with Crippen LogP contribution in [-0.4, -0.2) is 58.5 Å². The number of nitrogens with zero attached hydrogens (tertiary/aromatic N) is 4. The van der Waals surface area contributed by atoms with Crippen LogP contribution in [0.2, 0.25) is 0 Å². The topological polar surface area (TPSA) is 84.3 Å². The molecule has 0 saturated carbocycles. The van der Waals surface area contributed by atoms with E-state index in [4.69, 9.17) is 4.74 Å². The van der Waals surface area contributed by atoms with Crippen molar-refractivity contribution in [3.63, 3.8) is 0 Å². The third-order valence-corrected chi connectivity index (χ3v) is 4.98. The standard InChI is InChI=1S/C20H24N6O2/c1-25-18-6-5-16(12-15(18)13-23-25)24-20(27)22-14-19(17-4-2-3-7-21-17)26-8-10-28-11-9-26/h2-7,12-13,19H,8-11,14H2,1H3,(H2,22,24,27)/t19-/m1/s1. The molecular weight excluding hydrogens is 356 g/mol. The van der Waals surface area contributed by atoms with Gasteiger partial charge in [0.05, 0.1) is 36.7 Å². The van der Waals surface area contributed by atoms with Crippen molar-refractivity contribution in [1.29, 1.82) is 0 Å². The van der Waals surface area contributed by atoms with Crippen molar-refractivity contribution in [2.24, 2.45) is 7.05 Å². The Morgan fingerprint density at radius 1 is 1.25 bits per heavy atom. The SMILES string of the molecule is Cn1ncc2cc(NC(=O)NC[C@H](c3ccccn3)N3CCOCC3)ccc21. The molecule has 4 rings (SSSR count). The van der Waals surface area contributed by atoms with E-state index in [0.29, 0.717) is 19.8 Å². The molecule has 0 spiro atoms. The Labute approximate surface area is 163 Å². The van der Waals surface area contributed by atoms with Crippen LogP contribution < -0.4 is 10.6 Å². The third kappa shape index (κ3) is 4.13. The average Bonchev–Trinajstić information content (AvgIpc) is 3.10.